The van der Waals surface area contributed by atoms with Gasteiger partial charge in [-0.3, -0.25) is 9.48 Å². The molecule has 31 heavy (non-hydrogen) atoms. The Hall–Kier alpha value is -2.57. The van der Waals surface area contributed by atoms with Gasteiger partial charge in [0.05, 0.1) is 29.2 Å². The Bertz CT molecular complexity index is 1180. The Balaban J connectivity index is 1.50. The van der Waals surface area contributed by atoms with E-state index < -0.39 is 27.5 Å². The minimum absolute atomic E-state index is 0.174. The highest BCUT2D eigenvalue weighted by molar-refractivity contribution is 7.87. The van der Waals surface area contributed by atoms with E-state index in [1.54, 1.807) is 22.8 Å². The third-order valence-corrected chi connectivity index (χ3v) is 7.21. The molecular formula is C18H20F3N5O4S. The summed E-state index contributed by atoms with van der Waals surface area (Å²) in [5, 5.41) is 8.49. The first-order valence-corrected chi connectivity index (χ1v) is 11.3. The fraction of sp³-hybridized carbons (Fsp3) is 0.611. The lowest BCUT2D eigenvalue weighted by Gasteiger charge is -2.34. The second-order valence-corrected chi connectivity index (χ2v) is 9.82. The van der Waals surface area contributed by atoms with E-state index in [4.69, 9.17) is 0 Å². The number of halogens is 3. The maximum absolute atomic E-state index is 13.5. The van der Waals surface area contributed by atoms with Crippen molar-refractivity contribution in [3.05, 3.63) is 28.7 Å². The van der Waals surface area contributed by atoms with E-state index in [2.05, 4.69) is 14.4 Å². The molecule has 1 saturated heterocycles. The fourth-order valence-electron chi connectivity index (χ4n) is 4.77. The Morgan fingerprint density at radius 2 is 1.87 bits per heavy atom. The summed E-state index contributed by atoms with van der Waals surface area (Å²) in [6.45, 7) is 0. The molecular weight excluding hydrogens is 439 g/mol. The summed E-state index contributed by atoms with van der Waals surface area (Å²) in [5.41, 5.74) is -3.41. The molecule has 0 N–H and O–H groups in total. The summed E-state index contributed by atoms with van der Waals surface area (Å²) in [6.07, 6.45) is 4.98. The summed E-state index contributed by atoms with van der Waals surface area (Å²) >= 11 is 0. The van der Waals surface area contributed by atoms with Crippen molar-refractivity contribution in [3.63, 3.8) is 0 Å². The van der Waals surface area contributed by atoms with Gasteiger partial charge in [-0.15, -0.1) is 0 Å². The lowest BCUT2D eigenvalue weighted by atomic mass is 9.98. The highest BCUT2D eigenvalue weighted by Crippen LogP contribution is 2.48. The summed E-state index contributed by atoms with van der Waals surface area (Å²) in [7, 11) is -2.69. The molecule has 5 rings (SSSR count). The number of amides is 1. The zero-order chi connectivity index (χ0) is 22.3. The van der Waals surface area contributed by atoms with Crippen LogP contribution in [0.4, 0.5) is 13.2 Å². The molecule has 2 fully saturated rings. The van der Waals surface area contributed by atoms with E-state index in [1.165, 1.54) is 7.05 Å². The van der Waals surface area contributed by atoms with Crippen molar-refractivity contribution in [2.75, 3.05) is 0 Å². The van der Waals surface area contributed by atoms with Crippen molar-refractivity contribution in [1.82, 2.24) is 24.5 Å². The molecule has 4 heterocycles. The van der Waals surface area contributed by atoms with Crippen molar-refractivity contribution in [2.45, 2.75) is 55.6 Å². The van der Waals surface area contributed by atoms with Crippen LogP contribution in [0.15, 0.2) is 6.20 Å². The van der Waals surface area contributed by atoms with Gasteiger partial charge in [0.2, 0.25) is 5.88 Å². The maximum atomic E-state index is 13.5. The molecule has 9 nitrogen and oxygen atoms in total. The minimum atomic E-state index is -5.82. The monoisotopic (exact) mass is 459 g/mol. The highest BCUT2D eigenvalue weighted by atomic mass is 32.2. The third kappa shape index (κ3) is 3.04. The van der Waals surface area contributed by atoms with Gasteiger partial charge in [-0.25, -0.2) is 4.68 Å². The second kappa shape index (κ2) is 6.47. The summed E-state index contributed by atoms with van der Waals surface area (Å²) in [4.78, 5) is 15.2. The van der Waals surface area contributed by atoms with Gasteiger partial charge in [0.25, 0.3) is 5.91 Å². The first kappa shape index (κ1) is 20.3. The van der Waals surface area contributed by atoms with Crippen molar-refractivity contribution in [3.8, 4) is 5.88 Å². The van der Waals surface area contributed by atoms with Crippen LogP contribution in [0.5, 0.6) is 5.88 Å². The van der Waals surface area contributed by atoms with Gasteiger partial charge in [-0.1, -0.05) is 0 Å². The van der Waals surface area contributed by atoms with Crippen LogP contribution in [0.3, 0.4) is 0 Å². The van der Waals surface area contributed by atoms with E-state index in [9.17, 15) is 26.4 Å². The average Bonchev–Trinajstić information content (AvgIpc) is 3.26. The SMILES string of the molecule is Cn1nc2c(c1OS(=O)(=O)C(F)(F)F)C[C@H]1CC[C@@H]2N1C(=O)c1cnn(C)c1C1CC1. The van der Waals surface area contributed by atoms with Gasteiger partial charge in [0.1, 0.15) is 0 Å². The fourth-order valence-corrected chi connectivity index (χ4v) is 5.28. The van der Waals surface area contributed by atoms with Crippen LogP contribution in [0.25, 0.3) is 0 Å². The van der Waals surface area contributed by atoms with Crippen molar-refractivity contribution in [2.24, 2.45) is 14.1 Å². The zero-order valence-corrected chi connectivity index (χ0v) is 17.6. The Morgan fingerprint density at radius 1 is 1.16 bits per heavy atom. The number of alkyl halides is 3. The summed E-state index contributed by atoms with van der Waals surface area (Å²) in [6, 6.07) is -0.733. The van der Waals surface area contributed by atoms with Crippen molar-refractivity contribution >= 4 is 16.0 Å². The topological polar surface area (TPSA) is 99.3 Å². The number of fused-ring (bicyclic) bond motifs is 4. The molecule has 13 heteroatoms. The van der Waals surface area contributed by atoms with Gasteiger partial charge in [0.15, 0.2) is 0 Å². The number of hydrogen-bond acceptors (Lipinski definition) is 6. The largest absolute Gasteiger partial charge is 0.534 e. The Morgan fingerprint density at radius 3 is 2.52 bits per heavy atom. The molecule has 1 aliphatic carbocycles. The first-order valence-electron chi connectivity index (χ1n) is 9.90. The molecule has 0 unspecified atom stereocenters. The second-order valence-electron chi connectivity index (χ2n) is 8.28. The summed E-state index contributed by atoms with van der Waals surface area (Å²) < 4.78 is 68.7. The molecule has 2 aliphatic heterocycles. The third-order valence-electron chi connectivity index (χ3n) is 6.26. The smallest absolute Gasteiger partial charge is 0.355 e. The zero-order valence-electron chi connectivity index (χ0n) is 16.8. The van der Waals surface area contributed by atoms with Crippen molar-refractivity contribution in [1.29, 1.82) is 0 Å². The molecule has 1 amide bonds. The molecule has 2 aromatic heterocycles. The van der Waals surface area contributed by atoms with Crippen LogP contribution in [0, 0.1) is 0 Å². The van der Waals surface area contributed by atoms with E-state index in [0.29, 0.717) is 35.6 Å². The van der Waals surface area contributed by atoms with Crippen LogP contribution < -0.4 is 4.18 Å². The molecule has 2 atom stereocenters. The number of carbonyl (C=O) groups excluding carboxylic acids is 1. The van der Waals surface area contributed by atoms with Gasteiger partial charge in [-0.05, 0) is 25.7 Å². The van der Waals surface area contributed by atoms with Crippen LogP contribution >= 0.6 is 0 Å². The Labute approximate surface area is 175 Å². The quantitative estimate of drug-likeness (QED) is 0.513. The lowest BCUT2D eigenvalue weighted by molar-refractivity contribution is -0.0502. The van der Waals surface area contributed by atoms with E-state index in [0.717, 1.165) is 23.2 Å². The average molecular weight is 459 g/mol. The predicted octanol–water partition coefficient (Wildman–Crippen LogP) is 2.16. The van der Waals surface area contributed by atoms with Crippen LogP contribution in [0.2, 0.25) is 0 Å². The van der Waals surface area contributed by atoms with Crippen LogP contribution in [-0.4, -0.2) is 50.3 Å². The number of rotatable bonds is 4. The van der Waals surface area contributed by atoms with Crippen LogP contribution in [-0.2, 0) is 30.6 Å². The number of aryl methyl sites for hydroxylation is 2. The molecule has 1 saturated carbocycles. The molecule has 0 radical (unpaired) electrons. The maximum Gasteiger partial charge on any atom is 0.534 e. The first-order chi connectivity index (χ1) is 14.5. The number of aromatic nitrogens is 4. The molecule has 168 valence electrons. The van der Waals surface area contributed by atoms with Crippen molar-refractivity contribution < 1.29 is 30.6 Å². The normalized spacial score (nSPS) is 23.2. The standard InChI is InChI=1S/C18H20F3N5O4S/c1-24-15(9-3-4-9)12(8-22-24)16(27)26-10-5-6-13(26)14-11(7-10)17(25(2)23-14)30-31(28,29)18(19,20)21/h8-10,13H,3-7H2,1-2H3/t10-,13+/m1/s1. The molecule has 0 spiro atoms. The van der Waals surface area contributed by atoms with Gasteiger partial charge >= 0.3 is 15.6 Å². The minimum Gasteiger partial charge on any atom is -0.355 e. The van der Waals surface area contributed by atoms with E-state index in [1.807, 2.05) is 0 Å². The number of hydrogen-bond donors (Lipinski definition) is 0. The predicted molar refractivity (Wildman–Crippen MR) is 99.6 cm³/mol. The molecule has 3 aliphatic rings. The van der Waals surface area contributed by atoms with Gasteiger partial charge in [-0.2, -0.15) is 31.8 Å². The van der Waals surface area contributed by atoms with Gasteiger partial charge in [0, 0.05) is 38.0 Å². The highest BCUT2D eigenvalue weighted by Gasteiger charge is 2.51. The number of nitrogens with zero attached hydrogens (tertiary/aromatic N) is 5. The molecule has 2 aromatic rings. The number of carbonyl (C=O) groups is 1. The Kier molecular flexibility index (Phi) is 4.24. The van der Waals surface area contributed by atoms with E-state index in [-0.39, 0.29) is 18.4 Å². The van der Waals surface area contributed by atoms with E-state index >= 15 is 0 Å². The molecule has 2 bridgehead atoms. The molecule has 0 aromatic carbocycles. The summed E-state index contributed by atoms with van der Waals surface area (Å²) in [5.74, 6) is -0.313. The van der Waals surface area contributed by atoms with Crippen LogP contribution in [0.1, 0.15) is 65.0 Å². The van der Waals surface area contributed by atoms with Gasteiger partial charge < -0.3 is 9.08 Å². The lowest BCUT2D eigenvalue weighted by Crippen LogP contribution is -2.42.